The first-order valence-corrected chi connectivity index (χ1v) is 10.1. The van der Waals surface area contributed by atoms with E-state index in [1.54, 1.807) is 7.05 Å². The number of primary amides is 1. The SMILES string of the molecule is CCCCCCCCCNC(=NC)NCCc1ccc(OCC(N)=O)cc1.I. The van der Waals surface area contributed by atoms with Gasteiger partial charge in [0.25, 0.3) is 5.91 Å². The van der Waals surface area contributed by atoms with Crippen LogP contribution in [0.5, 0.6) is 5.75 Å². The number of ether oxygens (including phenoxy) is 1. The van der Waals surface area contributed by atoms with Crippen molar-refractivity contribution in [1.29, 1.82) is 0 Å². The van der Waals surface area contributed by atoms with E-state index in [1.165, 1.54) is 50.5 Å². The number of hydrogen-bond donors (Lipinski definition) is 3. The second kappa shape index (κ2) is 17.6. The van der Waals surface area contributed by atoms with Crippen LogP contribution in [0.25, 0.3) is 0 Å². The number of carbonyl (C=O) groups excluding carboxylic acids is 1. The summed E-state index contributed by atoms with van der Waals surface area (Å²) in [5.41, 5.74) is 6.26. The topological polar surface area (TPSA) is 88.7 Å². The average Bonchev–Trinajstić information content (AvgIpc) is 2.68. The van der Waals surface area contributed by atoms with Crippen LogP contribution in [0.2, 0.25) is 0 Å². The average molecular weight is 504 g/mol. The summed E-state index contributed by atoms with van der Waals surface area (Å²) in [4.78, 5) is 15.0. The summed E-state index contributed by atoms with van der Waals surface area (Å²) in [5, 5.41) is 6.71. The molecule has 0 aromatic heterocycles. The summed E-state index contributed by atoms with van der Waals surface area (Å²) < 4.78 is 5.25. The molecule has 0 bridgehead atoms. The fourth-order valence-electron chi connectivity index (χ4n) is 2.74. The Hall–Kier alpha value is -1.51. The molecule has 4 N–H and O–H groups in total. The second-order valence-electron chi connectivity index (χ2n) is 6.70. The maximum Gasteiger partial charge on any atom is 0.255 e. The standard InChI is InChI=1S/C21H36N4O2.HI/c1-3-4-5-6-7-8-9-15-24-21(23-2)25-16-14-18-10-12-19(13-11-18)27-17-20(22)26;/h10-13H,3-9,14-17H2,1-2H3,(H2,22,26)(H2,23,24,25);1H. The minimum atomic E-state index is -0.473. The Kier molecular flexibility index (Phi) is 16.6. The lowest BCUT2D eigenvalue weighted by molar-refractivity contribution is -0.119. The summed E-state index contributed by atoms with van der Waals surface area (Å²) in [6, 6.07) is 7.69. The molecule has 0 radical (unpaired) electrons. The number of nitrogens with two attached hydrogens (primary N) is 1. The van der Waals surface area contributed by atoms with E-state index >= 15 is 0 Å². The van der Waals surface area contributed by atoms with Gasteiger partial charge in [0, 0.05) is 20.1 Å². The van der Waals surface area contributed by atoms with Gasteiger partial charge in [0.2, 0.25) is 0 Å². The van der Waals surface area contributed by atoms with Gasteiger partial charge in [-0.3, -0.25) is 9.79 Å². The van der Waals surface area contributed by atoms with E-state index < -0.39 is 5.91 Å². The Morgan fingerprint density at radius 1 is 1.00 bits per heavy atom. The molecule has 7 heteroatoms. The normalized spacial score (nSPS) is 10.9. The van der Waals surface area contributed by atoms with E-state index in [9.17, 15) is 4.79 Å². The van der Waals surface area contributed by atoms with Gasteiger partial charge >= 0.3 is 0 Å². The van der Waals surface area contributed by atoms with Crippen LogP contribution in [0.15, 0.2) is 29.3 Å². The van der Waals surface area contributed by atoms with Gasteiger partial charge < -0.3 is 21.1 Å². The first-order chi connectivity index (χ1) is 13.2. The molecule has 0 atom stereocenters. The lowest BCUT2D eigenvalue weighted by Gasteiger charge is -2.12. The fraction of sp³-hybridized carbons (Fsp3) is 0.619. The van der Waals surface area contributed by atoms with Crippen LogP contribution in [-0.2, 0) is 11.2 Å². The highest BCUT2D eigenvalue weighted by Gasteiger charge is 2.00. The third-order valence-corrected chi connectivity index (χ3v) is 4.31. The Balaban J connectivity index is 0.00000729. The van der Waals surface area contributed by atoms with Crippen LogP contribution in [-0.4, -0.2) is 38.6 Å². The highest BCUT2D eigenvalue weighted by Crippen LogP contribution is 2.12. The van der Waals surface area contributed by atoms with E-state index in [1.807, 2.05) is 24.3 Å². The third kappa shape index (κ3) is 13.6. The number of carbonyl (C=O) groups is 1. The smallest absolute Gasteiger partial charge is 0.255 e. The van der Waals surface area contributed by atoms with Crippen molar-refractivity contribution in [3.8, 4) is 5.75 Å². The highest BCUT2D eigenvalue weighted by molar-refractivity contribution is 14.0. The van der Waals surface area contributed by atoms with E-state index in [-0.39, 0.29) is 30.6 Å². The third-order valence-electron chi connectivity index (χ3n) is 4.31. The van der Waals surface area contributed by atoms with Crippen LogP contribution >= 0.6 is 24.0 Å². The van der Waals surface area contributed by atoms with E-state index in [0.717, 1.165) is 25.5 Å². The summed E-state index contributed by atoms with van der Waals surface area (Å²) >= 11 is 0. The molecule has 0 aliphatic heterocycles. The minimum absolute atomic E-state index is 0. The molecule has 0 spiro atoms. The van der Waals surface area contributed by atoms with Crippen molar-refractivity contribution in [2.45, 2.75) is 58.3 Å². The molecule has 0 fully saturated rings. The van der Waals surface area contributed by atoms with Gasteiger partial charge in [0.05, 0.1) is 0 Å². The molecule has 0 aliphatic carbocycles. The van der Waals surface area contributed by atoms with Crippen molar-refractivity contribution >= 4 is 35.8 Å². The molecule has 1 aromatic carbocycles. The molecule has 1 aromatic rings. The quantitative estimate of drug-likeness (QED) is 0.156. The molecule has 0 heterocycles. The number of nitrogens with zero attached hydrogens (tertiary/aromatic N) is 1. The maximum absolute atomic E-state index is 10.7. The van der Waals surface area contributed by atoms with Crippen LogP contribution < -0.4 is 21.1 Å². The number of unbranched alkanes of at least 4 members (excludes halogenated alkanes) is 6. The van der Waals surface area contributed by atoms with Crippen molar-refractivity contribution in [3.05, 3.63) is 29.8 Å². The zero-order valence-corrected chi connectivity index (χ0v) is 19.7. The van der Waals surface area contributed by atoms with Crippen molar-refractivity contribution in [3.63, 3.8) is 0 Å². The number of amides is 1. The van der Waals surface area contributed by atoms with Gasteiger partial charge in [-0.25, -0.2) is 0 Å². The number of hydrogen-bond acceptors (Lipinski definition) is 3. The van der Waals surface area contributed by atoms with Gasteiger partial charge in [-0.15, -0.1) is 24.0 Å². The first kappa shape index (κ1) is 26.5. The number of halogens is 1. The van der Waals surface area contributed by atoms with Crippen molar-refractivity contribution in [2.75, 3.05) is 26.7 Å². The Bertz CT molecular complexity index is 550. The molecule has 160 valence electrons. The number of nitrogens with one attached hydrogen (secondary N) is 2. The number of aliphatic imine (C=N–C) groups is 1. The predicted octanol–water partition coefficient (Wildman–Crippen LogP) is 3.63. The molecule has 0 unspecified atom stereocenters. The molecule has 0 saturated heterocycles. The van der Waals surface area contributed by atoms with Crippen LogP contribution in [0.1, 0.15) is 57.4 Å². The predicted molar refractivity (Wildman–Crippen MR) is 128 cm³/mol. The van der Waals surface area contributed by atoms with E-state index in [4.69, 9.17) is 10.5 Å². The summed E-state index contributed by atoms with van der Waals surface area (Å²) in [6.07, 6.45) is 10.0. The summed E-state index contributed by atoms with van der Waals surface area (Å²) in [5.74, 6) is 1.03. The lowest BCUT2D eigenvalue weighted by Crippen LogP contribution is -2.38. The lowest BCUT2D eigenvalue weighted by atomic mass is 10.1. The highest BCUT2D eigenvalue weighted by atomic mass is 127. The van der Waals surface area contributed by atoms with Gasteiger partial charge in [-0.2, -0.15) is 0 Å². The molecular formula is C21H37IN4O2. The molecule has 6 nitrogen and oxygen atoms in total. The molecule has 1 amide bonds. The summed E-state index contributed by atoms with van der Waals surface area (Å²) in [6.45, 7) is 3.91. The number of rotatable bonds is 14. The zero-order valence-electron chi connectivity index (χ0n) is 17.3. The fourth-order valence-corrected chi connectivity index (χ4v) is 2.74. The van der Waals surface area contributed by atoms with E-state index in [2.05, 4.69) is 22.5 Å². The molecule has 28 heavy (non-hydrogen) atoms. The Morgan fingerprint density at radius 2 is 1.61 bits per heavy atom. The van der Waals surface area contributed by atoms with Crippen molar-refractivity contribution < 1.29 is 9.53 Å². The van der Waals surface area contributed by atoms with Gasteiger partial charge in [0.1, 0.15) is 5.75 Å². The summed E-state index contributed by atoms with van der Waals surface area (Å²) in [7, 11) is 1.80. The monoisotopic (exact) mass is 504 g/mol. The molecule has 1 rings (SSSR count). The van der Waals surface area contributed by atoms with Crippen LogP contribution in [0, 0.1) is 0 Å². The molecular weight excluding hydrogens is 467 g/mol. The van der Waals surface area contributed by atoms with Gasteiger partial charge in [-0.1, -0.05) is 57.6 Å². The second-order valence-corrected chi connectivity index (χ2v) is 6.70. The zero-order chi connectivity index (χ0) is 19.7. The van der Waals surface area contributed by atoms with Gasteiger partial charge in [-0.05, 0) is 30.5 Å². The van der Waals surface area contributed by atoms with E-state index in [0.29, 0.717) is 5.75 Å². The van der Waals surface area contributed by atoms with Crippen molar-refractivity contribution in [1.82, 2.24) is 10.6 Å². The van der Waals surface area contributed by atoms with Crippen molar-refractivity contribution in [2.24, 2.45) is 10.7 Å². The Labute approximate surface area is 187 Å². The number of guanidine groups is 1. The molecule has 0 saturated carbocycles. The Morgan fingerprint density at radius 3 is 2.21 bits per heavy atom. The first-order valence-electron chi connectivity index (χ1n) is 10.1. The van der Waals surface area contributed by atoms with Crippen LogP contribution in [0.3, 0.4) is 0 Å². The minimum Gasteiger partial charge on any atom is -0.484 e. The van der Waals surface area contributed by atoms with Crippen LogP contribution in [0.4, 0.5) is 0 Å². The maximum atomic E-state index is 10.7. The molecule has 0 aliphatic rings. The number of benzene rings is 1. The largest absolute Gasteiger partial charge is 0.484 e. The van der Waals surface area contributed by atoms with Gasteiger partial charge in [0.15, 0.2) is 12.6 Å².